The Labute approximate surface area is 406 Å². The van der Waals surface area contributed by atoms with Crippen molar-refractivity contribution >= 4 is 65.1 Å². The highest BCUT2D eigenvalue weighted by Crippen LogP contribution is 2.32. The van der Waals surface area contributed by atoms with Gasteiger partial charge >= 0.3 is 47.8 Å². The molecule has 0 spiro atoms. The molecular formula is C49H48N2O18S. The van der Waals surface area contributed by atoms with Crippen LogP contribution >= 0.6 is 12.2 Å². The predicted octanol–water partition coefficient (Wildman–Crippen LogP) is 3.79. The van der Waals surface area contributed by atoms with Crippen LogP contribution in [0.5, 0.6) is 0 Å². The number of hydrogen-bond acceptors (Lipinski definition) is 19. The third-order valence-electron chi connectivity index (χ3n) is 10.3. The molecule has 70 heavy (non-hydrogen) atoms. The van der Waals surface area contributed by atoms with Crippen LogP contribution in [0.4, 0.5) is 0 Å². The normalized spacial score (nSPS) is 23.7. The van der Waals surface area contributed by atoms with E-state index in [-0.39, 0.29) is 22.3 Å². The van der Waals surface area contributed by atoms with Crippen LogP contribution in [0, 0.1) is 0 Å². The number of benzene rings is 4. The number of ether oxygens (including phenoxy) is 10. The monoisotopic (exact) mass is 984 g/mol. The second kappa shape index (κ2) is 24.5. The van der Waals surface area contributed by atoms with Crippen molar-refractivity contribution in [3.63, 3.8) is 0 Å². The van der Waals surface area contributed by atoms with Crippen LogP contribution in [-0.4, -0.2) is 127 Å². The topological polar surface area (TPSA) is 253 Å². The first-order valence-corrected chi connectivity index (χ1v) is 22.0. The minimum atomic E-state index is -1.77. The molecule has 0 aromatic heterocycles. The molecule has 6 rings (SSSR count). The Bertz CT molecular complexity index is 2500. The molecule has 2 fully saturated rings. The molecular weight excluding hydrogens is 937 g/mol. The largest absolute Gasteiger partial charge is 0.463 e. The first-order valence-electron chi connectivity index (χ1n) is 21.6. The van der Waals surface area contributed by atoms with E-state index in [2.05, 4.69) is 10.6 Å². The van der Waals surface area contributed by atoms with Crippen LogP contribution in [0.25, 0.3) is 0 Å². The highest BCUT2D eigenvalue weighted by molar-refractivity contribution is 7.80. The summed E-state index contributed by atoms with van der Waals surface area (Å²) in [6.45, 7) is 3.07. The lowest BCUT2D eigenvalue weighted by molar-refractivity contribution is -0.255. The van der Waals surface area contributed by atoms with Gasteiger partial charge in [-0.1, -0.05) is 72.8 Å². The van der Waals surface area contributed by atoms with Crippen molar-refractivity contribution in [1.82, 2.24) is 10.6 Å². The maximum absolute atomic E-state index is 14.1. The van der Waals surface area contributed by atoms with E-state index >= 15 is 0 Å². The van der Waals surface area contributed by atoms with Gasteiger partial charge in [0.05, 0.1) is 22.3 Å². The number of hydrogen-bond donors (Lipinski definition) is 2. The molecule has 2 aliphatic heterocycles. The second-order valence-electron chi connectivity index (χ2n) is 15.5. The summed E-state index contributed by atoms with van der Waals surface area (Å²) in [7, 11) is 0. The molecule has 21 heteroatoms. The Morgan fingerprint density at radius 3 is 1.10 bits per heavy atom. The Balaban J connectivity index is 1.42. The Kier molecular flexibility index (Phi) is 18.1. The first kappa shape index (κ1) is 51.6. The summed E-state index contributed by atoms with van der Waals surface area (Å²) < 4.78 is 58.4. The number of esters is 8. The number of carbonyl (C=O) groups is 8. The Morgan fingerprint density at radius 1 is 0.400 bits per heavy atom. The fraction of sp³-hybridized carbons (Fsp3) is 0.327. The minimum Gasteiger partial charge on any atom is -0.463 e. The van der Waals surface area contributed by atoms with E-state index in [0.717, 1.165) is 27.7 Å². The van der Waals surface area contributed by atoms with Crippen LogP contribution in [0.15, 0.2) is 121 Å². The van der Waals surface area contributed by atoms with Crippen LogP contribution in [-0.2, 0) is 66.5 Å². The van der Waals surface area contributed by atoms with Gasteiger partial charge in [-0.2, -0.15) is 0 Å². The SMILES string of the molecule is CC(=O)OCC1O[C@@H](NC(=S)N[C@@H]2O[C@H](COC(=O)c3ccccc3)[C@H](OC(=O)c3ccccc3)C(OC(=O)c3ccccc3)C2OC(=O)c2ccccc2)C(OC(C)=O)C(OC(C)=O)[C@@H]1OC(C)=O. The van der Waals surface area contributed by atoms with Crippen molar-refractivity contribution in [2.24, 2.45) is 0 Å². The molecule has 0 saturated carbocycles. The molecule has 368 valence electrons. The third-order valence-corrected chi connectivity index (χ3v) is 10.6. The zero-order valence-electron chi connectivity index (χ0n) is 38.0. The van der Waals surface area contributed by atoms with Gasteiger partial charge in [0.15, 0.2) is 54.2 Å². The van der Waals surface area contributed by atoms with Crippen LogP contribution < -0.4 is 10.6 Å². The van der Waals surface area contributed by atoms with Gasteiger partial charge < -0.3 is 58.0 Å². The highest BCUT2D eigenvalue weighted by Gasteiger charge is 2.55. The molecule has 2 saturated heterocycles. The second-order valence-corrected chi connectivity index (χ2v) is 15.9. The van der Waals surface area contributed by atoms with Gasteiger partial charge in [0.1, 0.15) is 25.4 Å². The summed E-state index contributed by atoms with van der Waals surface area (Å²) in [5.41, 5.74) is 0.323. The highest BCUT2D eigenvalue weighted by atomic mass is 32.1. The lowest BCUT2D eigenvalue weighted by atomic mass is 9.96. The van der Waals surface area contributed by atoms with Crippen LogP contribution in [0.2, 0.25) is 0 Å². The van der Waals surface area contributed by atoms with Crippen LogP contribution in [0.1, 0.15) is 69.1 Å². The fourth-order valence-electron chi connectivity index (χ4n) is 7.33. The lowest BCUT2D eigenvalue weighted by Crippen LogP contribution is -2.69. The summed E-state index contributed by atoms with van der Waals surface area (Å²) in [5.74, 6) is -7.02. The van der Waals surface area contributed by atoms with Crippen LogP contribution in [0.3, 0.4) is 0 Å². The molecule has 2 heterocycles. The minimum absolute atomic E-state index is 0.0457. The van der Waals surface area contributed by atoms with E-state index in [0.29, 0.717) is 0 Å². The molecule has 20 nitrogen and oxygen atoms in total. The van der Waals surface area contributed by atoms with Gasteiger partial charge in [-0.05, 0) is 60.7 Å². The van der Waals surface area contributed by atoms with Crippen molar-refractivity contribution in [3.05, 3.63) is 144 Å². The average molecular weight is 985 g/mol. The van der Waals surface area contributed by atoms with E-state index in [9.17, 15) is 38.4 Å². The van der Waals surface area contributed by atoms with Gasteiger partial charge in [0.25, 0.3) is 0 Å². The summed E-state index contributed by atoms with van der Waals surface area (Å²) in [6.07, 6.45) is -16.1. The molecule has 5 unspecified atom stereocenters. The predicted molar refractivity (Wildman–Crippen MR) is 243 cm³/mol. The third kappa shape index (κ3) is 14.2. The van der Waals surface area contributed by atoms with Crippen molar-refractivity contribution in [2.45, 2.75) is 89.0 Å². The zero-order chi connectivity index (χ0) is 50.3. The van der Waals surface area contributed by atoms with Crippen molar-refractivity contribution in [1.29, 1.82) is 0 Å². The van der Waals surface area contributed by atoms with Gasteiger partial charge in [0, 0.05) is 27.7 Å². The molecule has 0 aliphatic carbocycles. The van der Waals surface area contributed by atoms with E-state index in [1.165, 1.54) is 48.5 Å². The molecule has 0 bridgehead atoms. The maximum Gasteiger partial charge on any atom is 0.338 e. The summed E-state index contributed by atoms with van der Waals surface area (Å²) >= 11 is 5.77. The molecule has 0 radical (unpaired) electrons. The maximum atomic E-state index is 14.1. The number of carbonyl (C=O) groups excluding carboxylic acids is 8. The number of rotatable bonds is 16. The van der Waals surface area contributed by atoms with Crippen molar-refractivity contribution < 1.29 is 85.7 Å². The van der Waals surface area contributed by atoms with Gasteiger partial charge in [-0.3, -0.25) is 19.2 Å². The van der Waals surface area contributed by atoms with E-state index in [1.807, 2.05) is 0 Å². The van der Waals surface area contributed by atoms with E-state index in [1.54, 1.807) is 72.8 Å². The number of nitrogens with one attached hydrogen (secondary N) is 2. The lowest BCUT2D eigenvalue weighted by Gasteiger charge is -2.46. The molecule has 10 atom stereocenters. The Hall–Kier alpha value is -7.75. The van der Waals surface area contributed by atoms with Gasteiger partial charge in [-0.25, -0.2) is 19.2 Å². The molecule has 2 N–H and O–H groups in total. The summed E-state index contributed by atoms with van der Waals surface area (Å²) in [4.78, 5) is 105. The van der Waals surface area contributed by atoms with E-state index in [4.69, 9.17) is 59.6 Å². The van der Waals surface area contributed by atoms with Crippen molar-refractivity contribution in [2.75, 3.05) is 13.2 Å². The number of thiocarbonyl (C=S) groups is 1. The first-order chi connectivity index (χ1) is 33.6. The zero-order valence-corrected chi connectivity index (χ0v) is 38.8. The van der Waals surface area contributed by atoms with E-state index < -0.39 is 127 Å². The molecule has 2 aliphatic rings. The average Bonchev–Trinajstić information content (AvgIpc) is 3.34. The quantitative estimate of drug-likeness (QED) is 0.0920. The summed E-state index contributed by atoms with van der Waals surface area (Å²) in [6, 6.07) is 31.2. The summed E-state index contributed by atoms with van der Waals surface area (Å²) in [5, 5.41) is 5.25. The standard InChI is InChI=1S/C49H48N2O18S/c1-27(52)60-25-35-37(62-28(2)53)39(63-29(3)54)41(64-30(4)55)43(65-35)50-49(70)51-44-42(69-48(59)34-23-15-8-16-24-34)40(68-47(58)33-21-13-7-14-22-33)38(67-46(57)32-19-11-6-12-20-32)36(66-44)26-61-45(56)31-17-9-5-10-18-31/h5-24,35-44H,25-26H2,1-4H3,(H2,50,51,70)/t35?,36-,37-,38+,39?,40?,41?,42?,43-,44-/m1/s1. The molecule has 0 amide bonds. The van der Waals surface area contributed by atoms with Crippen molar-refractivity contribution in [3.8, 4) is 0 Å². The van der Waals surface area contributed by atoms with Gasteiger partial charge in [-0.15, -0.1) is 0 Å². The smallest absolute Gasteiger partial charge is 0.338 e. The Morgan fingerprint density at radius 2 is 0.700 bits per heavy atom. The fourth-order valence-corrected chi connectivity index (χ4v) is 7.56. The van der Waals surface area contributed by atoms with Gasteiger partial charge in [0.2, 0.25) is 0 Å². The molecule has 4 aromatic rings. The molecule has 4 aromatic carbocycles.